The molecule has 2 aliphatic heterocycles. The molecule has 4 rings (SSSR count). The largest absolute Gasteiger partial charge is 0.349 e. The molecule has 1 fully saturated rings. The molecular weight excluding hydrogens is 268 g/mol. The van der Waals surface area contributed by atoms with Gasteiger partial charge >= 0.3 is 0 Å². The number of hydrogen-bond donors (Lipinski definition) is 0. The minimum atomic E-state index is 0.446. The van der Waals surface area contributed by atoms with E-state index in [1.165, 1.54) is 17.0 Å². The average Bonchev–Trinajstić information content (AvgIpc) is 2.88. The minimum Gasteiger partial charge on any atom is -0.349 e. The van der Waals surface area contributed by atoms with E-state index in [1.807, 2.05) is 18.2 Å². The lowest BCUT2D eigenvalue weighted by Crippen LogP contribution is -2.29. The molecule has 2 aromatic carbocycles. The van der Waals surface area contributed by atoms with Crippen LogP contribution in [0.4, 0.5) is 5.69 Å². The van der Waals surface area contributed by atoms with E-state index in [0.29, 0.717) is 6.04 Å². The lowest BCUT2D eigenvalue weighted by molar-refractivity contribution is 0.333. The van der Waals surface area contributed by atoms with E-state index in [-0.39, 0.29) is 0 Å². The molecule has 100 valence electrons. The molecule has 0 bridgehead atoms. The molecule has 2 aliphatic rings. The fraction of sp³-hybridized carbons (Fsp3) is 0.235. The highest BCUT2D eigenvalue weighted by Gasteiger charge is 2.33. The Kier molecular flexibility index (Phi) is 2.78. The topological polar surface area (TPSA) is 15.6 Å². The van der Waals surface area contributed by atoms with Crippen molar-refractivity contribution in [1.82, 2.24) is 4.90 Å². The smallest absolute Gasteiger partial charge is 0.106 e. The molecule has 0 radical (unpaired) electrons. The van der Waals surface area contributed by atoms with Crippen molar-refractivity contribution in [2.24, 2.45) is 4.99 Å². The molecule has 0 N–H and O–H groups in total. The van der Waals surface area contributed by atoms with Crippen molar-refractivity contribution in [3.63, 3.8) is 0 Å². The summed E-state index contributed by atoms with van der Waals surface area (Å²) in [5.74, 6) is 1.22. The summed E-state index contributed by atoms with van der Waals surface area (Å²) in [6.45, 7) is 0.911. The van der Waals surface area contributed by atoms with E-state index in [0.717, 1.165) is 30.1 Å². The standard InChI is InChI=1S/C17H15ClN2/c18-14-6-7-15-13(10-14)11-20-16(8-9-17(20)19-15)12-4-2-1-3-5-12/h1-7,10,16H,8-9,11H2. The Bertz CT molecular complexity index is 679. The summed E-state index contributed by atoms with van der Waals surface area (Å²) in [4.78, 5) is 7.23. The Labute approximate surface area is 123 Å². The molecule has 2 heterocycles. The van der Waals surface area contributed by atoms with Crippen LogP contribution in [0.5, 0.6) is 0 Å². The second kappa shape index (κ2) is 4.64. The van der Waals surface area contributed by atoms with Crippen molar-refractivity contribution in [3.05, 3.63) is 64.7 Å². The molecule has 2 aromatic rings. The van der Waals surface area contributed by atoms with Crippen LogP contribution in [-0.4, -0.2) is 10.7 Å². The summed E-state index contributed by atoms with van der Waals surface area (Å²) < 4.78 is 0. The van der Waals surface area contributed by atoms with Gasteiger partial charge in [-0.3, -0.25) is 0 Å². The summed E-state index contributed by atoms with van der Waals surface area (Å²) in [6.07, 6.45) is 2.20. The van der Waals surface area contributed by atoms with E-state index in [9.17, 15) is 0 Å². The number of halogens is 1. The predicted molar refractivity (Wildman–Crippen MR) is 82.5 cm³/mol. The van der Waals surface area contributed by atoms with Gasteiger partial charge in [0.15, 0.2) is 0 Å². The van der Waals surface area contributed by atoms with Gasteiger partial charge in [-0.1, -0.05) is 41.9 Å². The van der Waals surface area contributed by atoms with Crippen LogP contribution >= 0.6 is 11.6 Å². The number of nitrogens with zero attached hydrogens (tertiary/aromatic N) is 2. The second-order valence-electron chi connectivity index (χ2n) is 5.39. The van der Waals surface area contributed by atoms with E-state index in [1.54, 1.807) is 0 Å². The van der Waals surface area contributed by atoms with Crippen LogP contribution in [0.25, 0.3) is 0 Å². The summed E-state index contributed by atoms with van der Waals surface area (Å²) in [5.41, 5.74) is 3.68. The van der Waals surface area contributed by atoms with Gasteiger partial charge in [-0.05, 0) is 35.7 Å². The first-order valence-electron chi connectivity index (χ1n) is 6.99. The first-order chi connectivity index (χ1) is 9.81. The first-order valence-corrected chi connectivity index (χ1v) is 7.36. The van der Waals surface area contributed by atoms with E-state index in [4.69, 9.17) is 16.6 Å². The average molecular weight is 283 g/mol. The van der Waals surface area contributed by atoms with Crippen LogP contribution in [0.1, 0.15) is 30.0 Å². The lowest BCUT2D eigenvalue weighted by atomic mass is 10.0. The molecule has 0 aromatic heterocycles. The zero-order valence-electron chi connectivity index (χ0n) is 11.1. The van der Waals surface area contributed by atoms with Crippen LogP contribution < -0.4 is 0 Å². The summed E-state index contributed by atoms with van der Waals surface area (Å²) >= 11 is 6.11. The maximum Gasteiger partial charge on any atom is 0.106 e. The lowest BCUT2D eigenvalue weighted by Gasteiger charge is -2.31. The zero-order valence-corrected chi connectivity index (χ0v) is 11.8. The van der Waals surface area contributed by atoms with Crippen LogP contribution in [-0.2, 0) is 6.54 Å². The molecule has 0 spiro atoms. The Morgan fingerprint density at radius 3 is 2.80 bits per heavy atom. The zero-order chi connectivity index (χ0) is 13.5. The quantitative estimate of drug-likeness (QED) is 0.739. The van der Waals surface area contributed by atoms with Crippen molar-refractivity contribution in [2.75, 3.05) is 0 Å². The monoisotopic (exact) mass is 282 g/mol. The number of hydrogen-bond acceptors (Lipinski definition) is 2. The predicted octanol–water partition coefficient (Wildman–Crippen LogP) is 4.72. The Morgan fingerprint density at radius 2 is 1.95 bits per heavy atom. The molecule has 0 saturated carbocycles. The number of benzene rings is 2. The van der Waals surface area contributed by atoms with Gasteiger partial charge in [0.25, 0.3) is 0 Å². The van der Waals surface area contributed by atoms with Gasteiger partial charge in [-0.15, -0.1) is 0 Å². The molecule has 1 saturated heterocycles. The number of amidine groups is 1. The molecule has 3 heteroatoms. The van der Waals surface area contributed by atoms with E-state index >= 15 is 0 Å². The third-order valence-electron chi connectivity index (χ3n) is 4.17. The first kappa shape index (κ1) is 12.0. The van der Waals surface area contributed by atoms with Gasteiger partial charge in [-0.25, -0.2) is 4.99 Å². The molecule has 1 atom stereocenters. The van der Waals surface area contributed by atoms with Gasteiger partial charge in [0.2, 0.25) is 0 Å². The Balaban J connectivity index is 1.72. The van der Waals surface area contributed by atoms with E-state index < -0.39 is 0 Å². The molecule has 20 heavy (non-hydrogen) atoms. The van der Waals surface area contributed by atoms with Crippen LogP contribution in [0.15, 0.2) is 53.5 Å². The van der Waals surface area contributed by atoms with Crippen molar-refractivity contribution >= 4 is 23.1 Å². The highest BCUT2D eigenvalue weighted by molar-refractivity contribution is 6.30. The SMILES string of the molecule is Clc1ccc2c(c1)CN1C(=N2)CCC1c1ccccc1. The highest BCUT2D eigenvalue weighted by Crippen LogP contribution is 2.40. The van der Waals surface area contributed by atoms with Gasteiger partial charge in [-0.2, -0.15) is 0 Å². The van der Waals surface area contributed by atoms with Crippen molar-refractivity contribution in [3.8, 4) is 0 Å². The highest BCUT2D eigenvalue weighted by atomic mass is 35.5. The van der Waals surface area contributed by atoms with Gasteiger partial charge in [0.05, 0.1) is 11.7 Å². The number of rotatable bonds is 1. The molecular formula is C17H15ClN2. The van der Waals surface area contributed by atoms with Crippen LogP contribution in [0, 0.1) is 0 Å². The maximum atomic E-state index is 6.11. The summed E-state index contributed by atoms with van der Waals surface area (Å²) in [7, 11) is 0. The number of fused-ring (bicyclic) bond motifs is 2. The van der Waals surface area contributed by atoms with E-state index in [2.05, 4.69) is 35.2 Å². The van der Waals surface area contributed by atoms with Crippen molar-refractivity contribution in [1.29, 1.82) is 0 Å². The third-order valence-corrected chi connectivity index (χ3v) is 4.40. The maximum absolute atomic E-state index is 6.11. The molecule has 0 amide bonds. The Hall–Kier alpha value is -1.80. The molecule has 2 nitrogen and oxygen atoms in total. The number of aliphatic imine (C=N–C) groups is 1. The second-order valence-corrected chi connectivity index (χ2v) is 5.83. The fourth-order valence-corrected chi connectivity index (χ4v) is 3.40. The van der Waals surface area contributed by atoms with Gasteiger partial charge in [0, 0.05) is 18.0 Å². The van der Waals surface area contributed by atoms with Crippen LogP contribution in [0.3, 0.4) is 0 Å². The summed E-state index contributed by atoms with van der Waals surface area (Å²) in [5, 5.41) is 0.790. The Morgan fingerprint density at radius 1 is 1.10 bits per heavy atom. The third kappa shape index (κ3) is 1.92. The van der Waals surface area contributed by atoms with Gasteiger partial charge in [0.1, 0.15) is 5.84 Å². The van der Waals surface area contributed by atoms with Gasteiger partial charge < -0.3 is 4.90 Å². The normalized spacial score (nSPS) is 20.4. The van der Waals surface area contributed by atoms with Crippen molar-refractivity contribution < 1.29 is 0 Å². The van der Waals surface area contributed by atoms with Crippen molar-refractivity contribution in [2.45, 2.75) is 25.4 Å². The minimum absolute atomic E-state index is 0.446. The molecule has 0 aliphatic carbocycles. The summed E-state index contributed by atoms with van der Waals surface area (Å²) in [6, 6.07) is 17.1. The van der Waals surface area contributed by atoms with Crippen LogP contribution in [0.2, 0.25) is 5.02 Å². The molecule has 1 unspecified atom stereocenters. The fourth-order valence-electron chi connectivity index (χ4n) is 3.20.